The van der Waals surface area contributed by atoms with Crippen LogP contribution in [0.4, 0.5) is 0 Å². The number of hydrogen-bond acceptors (Lipinski definition) is 5. The molecule has 0 aromatic heterocycles. The highest BCUT2D eigenvalue weighted by Gasteiger charge is 2.41. The van der Waals surface area contributed by atoms with E-state index in [-0.39, 0.29) is 5.97 Å². The summed E-state index contributed by atoms with van der Waals surface area (Å²) in [6.07, 6.45) is 2.22. The van der Waals surface area contributed by atoms with Crippen molar-refractivity contribution in [1.29, 1.82) is 0 Å². The van der Waals surface area contributed by atoms with Crippen molar-refractivity contribution >= 4 is 11.9 Å². The Morgan fingerprint density at radius 3 is 2.65 bits per heavy atom. The third kappa shape index (κ3) is 2.01. The van der Waals surface area contributed by atoms with E-state index in [1.54, 1.807) is 0 Å². The van der Waals surface area contributed by atoms with E-state index >= 15 is 0 Å². The minimum Gasteiger partial charge on any atom is -0.465 e. The Kier molecular flexibility index (Phi) is 3.36. The van der Waals surface area contributed by atoms with Gasteiger partial charge in [0.05, 0.1) is 7.11 Å². The number of nitrogens with zero attached hydrogens (tertiary/aromatic N) is 1. The summed E-state index contributed by atoms with van der Waals surface area (Å²) in [4.78, 5) is 25.5. The molecule has 94 valence electrons. The second kappa shape index (κ2) is 4.77. The van der Waals surface area contributed by atoms with Crippen LogP contribution >= 0.6 is 0 Å². The number of esters is 2. The van der Waals surface area contributed by atoms with Gasteiger partial charge >= 0.3 is 11.9 Å². The maximum Gasteiger partial charge on any atom is 0.355 e. The van der Waals surface area contributed by atoms with Crippen LogP contribution in [0.2, 0.25) is 0 Å². The Morgan fingerprint density at radius 1 is 1.47 bits per heavy atom. The van der Waals surface area contributed by atoms with Crippen LogP contribution in [0.3, 0.4) is 0 Å². The van der Waals surface area contributed by atoms with E-state index < -0.39 is 12.1 Å². The molecule has 1 atom stereocenters. The summed E-state index contributed by atoms with van der Waals surface area (Å²) in [5, 5.41) is 0. The molecule has 0 aromatic rings. The molecule has 0 N–H and O–H groups in total. The minimum absolute atomic E-state index is 0.390. The van der Waals surface area contributed by atoms with Gasteiger partial charge in [-0.1, -0.05) is 6.92 Å². The van der Waals surface area contributed by atoms with Crippen molar-refractivity contribution in [1.82, 2.24) is 4.90 Å². The number of carbonyl (C=O) groups is 2. The molecule has 0 amide bonds. The zero-order chi connectivity index (χ0) is 12.4. The van der Waals surface area contributed by atoms with Gasteiger partial charge in [0.15, 0.2) is 0 Å². The number of methoxy groups -OCH3 is 1. The molecule has 1 unspecified atom stereocenters. The Hall–Kier alpha value is -1.52. The number of hydrogen-bond donors (Lipinski definition) is 0. The van der Waals surface area contributed by atoms with Gasteiger partial charge in [0.2, 0.25) is 0 Å². The first kappa shape index (κ1) is 12.0. The van der Waals surface area contributed by atoms with E-state index in [9.17, 15) is 9.59 Å². The third-order valence-electron chi connectivity index (χ3n) is 3.22. The van der Waals surface area contributed by atoms with Crippen LogP contribution in [0.1, 0.15) is 26.2 Å². The summed E-state index contributed by atoms with van der Waals surface area (Å²) in [5.74, 6) is -0.844. The molecule has 0 aliphatic carbocycles. The first-order chi connectivity index (χ1) is 8.19. The van der Waals surface area contributed by atoms with E-state index in [1.165, 1.54) is 7.11 Å². The highest BCUT2D eigenvalue weighted by Crippen LogP contribution is 2.30. The smallest absolute Gasteiger partial charge is 0.355 e. The van der Waals surface area contributed by atoms with Crippen LogP contribution in [0.25, 0.3) is 0 Å². The number of carbonyl (C=O) groups excluding carboxylic acids is 2. The van der Waals surface area contributed by atoms with Crippen molar-refractivity contribution in [3.8, 4) is 0 Å². The predicted molar refractivity (Wildman–Crippen MR) is 60.0 cm³/mol. The molecule has 0 saturated carbocycles. The standard InChI is InChI=1S/C12H17NO4/c1-3-8-9(11(14)16-2)10(12(15)17-8)13-6-4-5-7-13/h8H,3-7H2,1-2H3. The molecule has 2 aliphatic rings. The SMILES string of the molecule is CCC1OC(=O)C(N2CCCC2)=C1C(=O)OC. The number of rotatable bonds is 3. The molecule has 5 nitrogen and oxygen atoms in total. The van der Waals surface area contributed by atoms with Crippen LogP contribution in [0.5, 0.6) is 0 Å². The Balaban J connectivity index is 2.37. The molecule has 0 bridgehead atoms. The van der Waals surface area contributed by atoms with Crippen molar-refractivity contribution < 1.29 is 19.1 Å². The maximum absolute atomic E-state index is 11.8. The number of cyclic esters (lactones) is 1. The fourth-order valence-electron chi connectivity index (χ4n) is 2.37. The average Bonchev–Trinajstić information content (AvgIpc) is 2.94. The van der Waals surface area contributed by atoms with Gasteiger partial charge in [0, 0.05) is 13.1 Å². The number of ether oxygens (including phenoxy) is 2. The molecule has 0 spiro atoms. The Bertz CT molecular complexity index is 369. The first-order valence-corrected chi connectivity index (χ1v) is 5.97. The van der Waals surface area contributed by atoms with Gasteiger partial charge in [0.25, 0.3) is 0 Å². The predicted octanol–water partition coefficient (Wildman–Crippen LogP) is 0.845. The van der Waals surface area contributed by atoms with Crippen molar-refractivity contribution in [2.24, 2.45) is 0 Å². The van der Waals surface area contributed by atoms with E-state index in [1.807, 2.05) is 11.8 Å². The molecule has 2 aliphatic heterocycles. The Morgan fingerprint density at radius 2 is 2.12 bits per heavy atom. The summed E-state index contributed by atoms with van der Waals surface area (Å²) in [6, 6.07) is 0. The van der Waals surface area contributed by atoms with E-state index in [4.69, 9.17) is 9.47 Å². The van der Waals surface area contributed by atoms with Crippen LogP contribution in [-0.4, -0.2) is 43.1 Å². The van der Waals surface area contributed by atoms with Crippen LogP contribution < -0.4 is 0 Å². The summed E-state index contributed by atoms with van der Waals surface area (Å²) in [6.45, 7) is 3.50. The monoisotopic (exact) mass is 239 g/mol. The third-order valence-corrected chi connectivity index (χ3v) is 3.22. The summed E-state index contributed by atoms with van der Waals surface area (Å²) < 4.78 is 9.96. The summed E-state index contributed by atoms with van der Waals surface area (Å²) in [7, 11) is 1.33. The molecular weight excluding hydrogens is 222 g/mol. The van der Waals surface area contributed by atoms with E-state index in [0.29, 0.717) is 17.7 Å². The zero-order valence-corrected chi connectivity index (χ0v) is 10.2. The van der Waals surface area contributed by atoms with Crippen LogP contribution in [0.15, 0.2) is 11.3 Å². The van der Waals surface area contributed by atoms with Gasteiger partial charge in [-0.05, 0) is 19.3 Å². The molecule has 17 heavy (non-hydrogen) atoms. The molecule has 1 saturated heterocycles. The molecule has 1 fully saturated rings. The minimum atomic E-state index is -0.454. The van der Waals surface area contributed by atoms with Crippen LogP contribution in [0, 0.1) is 0 Å². The van der Waals surface area contributed by atoms with Gasteiger partial charge < -0.3 is 14.4 Å². The molecular formula is C12H17NO4. The van der Waals surface area contributed by atoms with Gasteiger partial charge in [0.1, 0.15) is 17.4 Å². The zero-order valence-electron chi connectivity index (χ0n) is 10.2. The van der Waals surface area contributed by atoms with Crippen LogP contribution in [-0.2, 0) is 19.1 Å². The normalized spacial score (nSPS) is 24.2. The van der Waals surface area contributed by atoms with Crippen molar-refractivity contribution in [2.75, 3.05) is 20.2 Å². The molecule has 2 rings (SSSR count). The van der Waals surface area contributed by atoms with Crippen molar-refractivity contribution in [2.45, 2.75) is 32.3 Å². The maximum atomic E-state index is 11.8. The summed E-state index contributed by atoms with van der Waals surface area (Å²) >= 11 is 0. The van der Waals surface area contributed by atoms with Gasteiger partial charge in [-0.2, -0.15) is 0 Å². The fraction of sp³-hybridized carbons (Fsp3) is 0.667. The lowest BCUT2D eigenvalue weighted by Crippen LogP contribution is -2.25. The second-order valence-electron chi connectivity index (χ2n) is 4.25. The lowest BCUT2D eigenvalue weighted by molar-refractivity contribution is -0.142. The van der Waals surface area contributed by atoms with Gasteiger partial charge in [-0.15, -0.1) is 0 Å². The summed E-state index contributed by atoms with van der Waals surface area (Å²) in [5.41, 5.74) is 0.808. The molecule has 2 heterocycles. The topological polar surface area (TPSA) is 55.8 Å². The second-order valence-corrected chi connectivity index (χ2v) is 4.25. The first-order valence-electron chi connectivity index (χ1n) is 5.97. The van der Waals surface area contributed by atoms with Gasteiger partial charge in [-0.3, -0.25) is 0 Å². The lowest BCUT2D eigenvalue weighted by Gasteiger charge is -2.17. The largest absolute Gasteiger partial charge is 0.465 e. The molecule has 0 aromatic carbocycles. The number of likely N-dealkylation sites (tertiary alicyclic amines) is 1. The highest BCUT2D eigenvalue weighted by molar-refractivity contribution is 6.03. The average molecular weight is 239 g/mol. The lowest BCUT2D eigenvalue weighted by atomic mass is 10.1. The quantitative estimate of drug-likeness (QED) is 0.683. The fourth-order valence-corrected chi connectivity index (χ4v) is 2.37. The van der Waals surface area contributed by atoms with Gasteiger partial charge in [-0.25, -0.2) is 9.59 Å². The molecule has 5 heteroatoms. The van der Waals surface area contributed by atoms with E-state index in [0.717, 1.165) is 25.9 Å². The highest BCUT2D eigenvalue weighted by atomic mass is 16.6. The Labute approximate surface area is 100 Å². The van der Waals surface area contributed by atoms with Crippen molar-refractivity contribution in [3.63, 3.8) is 0 Å². The molecule has 0 radical (unpaired) electrons. The van der Waals surface area contributed by atoms with E-state index in [2.05, 4.69) is 0 Å². The van der Waals surface area contributed by atoms with Crippen molar-refractivity contribution in [3.05, 3.63) is 11.3 Å².